The van der Waals surface area contributed by atoms with E-state index in [1.165, 1.54) is 28.0 Å². The van der Waals surface area contributed by atoms with Crippen molar-refractivity contribution in [1.29, 1.82) is 0 Å². The number of benzene rings is 4. The van der Waals surface area contributed by atoms with Crippen LogP contribution in [0.1, 0.15) is 29.0 Å². The molecular formula is C34H35ClN4O3S2. The zero-order valence-corrected chi connectivity index (χ0v) is 26.7. The Kier molecular flexibility index (Phi) is 10.7. The number of anilines is 2. The lowest BCUT2D eigenvalue weighted by atomic mass is 9.88. The Balaban J connectivity index is 1.33. The number of thiazole rings is 1. The monoisotopic (exact) mass is 646 g/mol. The van der Waals surface area contributed by atoms with Gasteiger partial charge in [-0.1, -0.05) is 126 Å². The quantitative estimate of drug-likeness (QED) is 0.110. The molecule has 0 radical (unpaired) electrons. The fourth-order valence-corrected chi connectivity index (χ4v) is 6.78. The average molecular weight is 647 g/mol. The highest BCUT2D eigenvalue weighted by Gasteiger charge is 2.22. The summed E-state index contributed by atoms with van der Waals surface area (Å²) >= 11 is 7.82. The smallest absolute Gasteiger partial charge is 0.229 e. The molecule has 0 saturated carbocycles. The molecule has 7 nitrogen and oxygen atoms in total. The molecule has 3 N–H and O–H groups in total. The fourth-order valence-electron chi connectivity index (χ4n) is 5.12. The fraction of sp³-hybridized carbons (Fsp3) is 0.206. The Morgan fingerprint density at radius 2 is 1.41 bits per heavy atom. The maximum atomic E-state index is 11.5. The van der Waals surface area contributed by atoms with Crippen LogP contribution < -0.4 is 10.0 Å². The summed E-state index contributed by atoms with van der Waals surface area (Å²) in [6.07, 6.45) is 1.69. The molecule has 228 valence electrons. The Hall–Kier alpha value is -3.73. The minimum atomic E-state index is -3.38. The van der Waals surface area contributed by atoms with Crippen molar-refractivity contribution < 1.29 is 13.5 Å². The van der Waals surface area contributed by atoms with Crippen molar-refractivity contribution in [2.24, 2.45) is 0 Å². The van der Waals surface area contributed by atoms with E-state index in [4.69, 9.17) is 11.6 Å². The lowest BCUT2D eigenvalue weighted by Crippen LogP contribution is -2.43. The molecule has 44 heavy (non-hydrogen) atoms. The number of rotatable bonds is 14. The third kappa shape index (κ3) is 8.90. The predicted molar refractivity (Wildman–Crippen MR) is 182 cm³/mol. The Labute approximate surface area is 268 Å². The van der Waals surface area contributed by atoms with Crippen molar-refractivity contribution in [2.45, 2.75) is 25.1 Å². The number of aromatic nitrogens is 1. The van der Waals surface area contributed by atoms with E-state index < -0.39 is 16.4 Å². The van der Waals surface area contributed by atoms with Gasteiger partial charge in [-0.3, -0.25) is 9.62 Å². The number of aliphatic hydroxyl groups excluding tert-OH is 1. The van der Waals surface area contributed by atoms with E-state index >= 15 is 0 Å². The minimum Gasteiger partial charge on any atom is -0.361 e. The lowest BCUT2D eigenvalue weighted by molar-refractivity contribution is 0.0253. The summed E-state index contributed by atoms with van der Waals surface area (Å²) in [5, 5.41) is 15.1. The van der Waals surface area contributed by atoms with Crippen LogP contribution in [-0.4, -0.2) is 49.1 Å². The summed E-state index contributed by atoms with van der Waals surface area (Å²) in [6, 6.07) is 38.0. The molecule has 0 spiro atoms. The molecule has 1 unspecified atom stereocenters. The maximum Gasteiger partial charge on any atom is 0.229 e. The van der Waals surface area contributed by atoms with Crippen LogP contribution >= 0.6 is 22.9 Å². The number of nitrogens with one attached hydrogen (secondary N) is 2. The largest absolute Gasteiger partial charge is 0.361 e. The van der Waals surface area contributed by atoms with Crippen LogP contribution in [0.2, 0.25) is 4.34 Å². The SMILES string of the molecule is CS(=O)(=O)Nc1ccc(-c2nc(NC(O)N(CCc3ccccc3)CCC(c3ccccc3)c3ccccc3)sc2Cl)cc1. The maximum absolute atomic E-state index is 11.5. The first-order valence-corrected chi connectivity index (χ1v) is 17.4. The molecule has 5 aromatic rings. The lowest BCUT2D eigenvalue weighted by Gasteiger charge is -2.30. The van der Waals surface area contributed by atoms with Gasteiger partial charge in [0.1, 0.15) is 10.0 Å². The van der Waals surface area contributed by atoms with Gasteiger partial charge in [0.25, 0.3) is 0 Å². The molecule has 5 rings (SSSR count). The van der Waals surface area contributed by atoms with Crippen LogP contribution in [0.3, 0.4) is 0 Å². The van der Waals surface area contributed by atoms with Crippen molar-refractivity contribution in [2.75, 3.05) is 29.4 Å². The van der Waals surface area contributed by atoms with Crippen LogP contribution in [-0.2, 0) is 16.4 Å². The third-order valence-electron chi connectivity index (χ3n) is 7.29. The Morgan fingerprint density at radius 3 is 1.98 bits per heavy atom. The number of nitrogens with zero attached hydrogens (tertiary/aromatic N) is 2. The highest BCUT2D eigenvalue weighted by atomic mass is 35.5. The molecule has 0 saturated heterocycles. The van der Waals surface area contributed by atoms with Crippen LogP contribution in [0.5, 0.6) is 0 Å². The van der Waals surface area contributed by atoms with E-state index in [2.05, 4.69) is 75.7 Å². The minimum absolute atomic E-state index is 0.171. The molecule has 0 bridgehead atoms. The third-order valence-corrected chi connectivity index (χ3v) is 9.08. The van der Waals surface area contributed by atoms with Gasteiger partial charge < -0.3 is 10.4 Å². The number of halogens is 1. The average Bonchev–Trinajstić information content (AvgIpc) is 3.39. The molecule has 0 aliphatic carbocycles. The van der Waals surface area contributed by atoms with E-state index in [-0.39, 0.29) is 5.92 Å². The molecule has 1 heterocycles. The first-order chi connectivity index (χ1) is 21.2. The van der Waals surface area contributed by atoms with E-state index in [9.17, 15) is 13.5 Å². The molecule has 0 amide bonds. The van der Waals surface area contributed by atoms with Gasteiger partial charge >= 0.3 is 0 Å². The summed E-state index contributed by atoms with van der Waals surface area (Å²) in [5.74, 6) is 0.171. The summed E-state index contributed by atoms with van der Waals surface area (Å²) < 4.78 is 26.0. The molecule has 1 atom stereocenters. The zero-order chi connectivity index (χ0) is 30.9. The van der Waals surface area contributed by atoms with Gasteiger partial charge in [-0.05, 0) is 41.7 Å². The first kappa shape index (κ1) is 31.7. The van der Waals surface area contributed by atoms with Gasteiger partial charge in [-0.15, -0.1) is 0 Å². The molecule has 0 fully saturated rings. The number of hydrogen-bond acceptors (Lipinski definition) is 7. The highest BCUT2D eigenvalue weighted by molar-refractivity contribution is 7.92. The Morgan fingerprint density at radius 1 is 0.841 bits per heavy atom. The second kappa shape index (κ2) is 14.8. The molecule has 0 aliphatic rings. The van der Waals surface area contributed by atoms with Gasteiger partial charge in [0, 0.05) is 30.3 Å². The van der Waals surface area contributed by atoms with E-state index in [1.54, 1.807) is 24.3 Å². The number of sulfonamides is 1. The van der Waals surface area contributed by atoms with Crippen LogP contribution in [0.4, 0.5) is 10.8 Å². The van der Waals surface area contributed by atoms with Gasteiger partial charge in [0.05, 0.1) is 6.26 Å². The van der Waals surface area contributed by atoms with Gasteiger partial charge in [0.2, 0.25) is 10.0 Å². The Bertz CT molecular complexity index is 1680. The van der Waals surface area contributed by atoms with E-state index in [1.807, 2.05) is 35.2 Å². The summed E-state index contributed by atoms with van der Waals surface area (Å²) in [7, 11) is -3.38. The summed E-state index contributed by atoms with van der Waals surface area (Å²) in [6.45, 7) is 1.27. The molecular weight excluding hydrogens is 612 g/mol. The first-order valence-electron chi connectivity index (χ1n) is 14.3. The predicted octanol–water partition coefficient (Wildman–Crippen LogP) is 7.29. The molecule has 10 heteroatoms. The van der Waals surface area contributed by atoms with Crippen molar-refractivity contribution in [1.82, 2.24) is 9.88 Å². The number of aliphatic hydroxyl groups is 1. The topological polar surface area (TPSA) is 94.6 Å². The van der Waals surface area contributed by atoms with Crippen LogP contribution in [0.25, 0.3) is 11.3 Å². The van der Waals surface area contributed by atoms with Crippen molar-refractivity contribution >= 4 is 43.8 Å². The molecule has 4 aromatic carbocycles. The van der Waals surface area contributed by atoms with E-state index in [0.717, 1.165) is 24.7 Å². The van der Waals surface area contributed by atoms with Gasteiger partial charge in [0.15, 0.2) is 11.5 Å². The van der Waals surface area contributed by atoms with Crippen molar-refractivity contribution in [3.8, 4) is 11.3 Å². The van der Waals surface area contributed by atoms with Crippen molar-refractivity contribution in [3.63, 3.8) is 0 Å². The highest BCUT2D eigenvalue weighted by Crippen LogP contribution is 2.36. The standard InChI is InChI=1S/C34H35ClN4O3S2/c1-44(41,42)38-29-19-17-28(18-20-29)31-32(35)43-33(36-31)37-34(40)39(23-21-25-11-5-2-6-12-25)24-22-30(26-13-7-3-8-14-26)27-15-9-4-10-16-27/h2-20,30,34,38,40H,21-24H2,1H3,(H,36,37). The van der Waals surface area contributed by atoms with Crippen LogP contribution in [0.15, 0.2) is 115 Å². The van der Waals surface area contributed by atoms with Crippen LogP contribution in [0, 0.1) is 0 Å². The molecule has 1 aromatic heterocycles. The van der Waals surface area contributed by atoms with E-state index in [0.29, 0.717) is 33.9 Å². The van der Waals surface area contributed by atoms with Gasteiger partial charge in [-0.25, -0.2) is 13.4 Å². The van der Waals surface area contributed by atoms with Crippen molar-refractivity contribution in [3.05, 3.63) is 136 Å². The normalized spacial score (nSPS) is 12.4. The summed E-state index contributed by atoms with van der Waals surface area (Å²) in [5.41, 5.74) is 5.41. The summed E-state index contributed by atoms with van der Waals surface area (Å²) in [4.78, 5) is 6.70. The second-order valence-electron chi connectivity index (χ2n) is 10.5. The second-order valence-corrected chi connectivity index (χ2v) is 13.9. The van der Waals surface area contributed by atoms with Gasteiger partial charge in [-0.2, -0.15) is 0 Å². The number of hydrogen-bond donors (Lipinski definition) is 3. The molecule has 0 aliphatic heterocycles. The zero-order valence-electron chi connectivity index (χ0n) is 24.3.